The lowest BCUT2D eigenvalue weighted by Gasteiger charge is -2.10. The topological polar surface area (TPSA) is 118 Å². The average Bonchev–Trinajstić information content (AvgIpc) is 3.15. The lowest BCUT2D eigenvalue weighted by atomic mass is 10.2. The Morgan fingerprint density at radius 3 is 2.62 bits per heavy atom. The highest BCUT2D eigenvalue weighted by Crippen LogP contribution is 2.32. The van der Waals surface area contributed by atoms with Gasteiger partial charge in [0, 0.05) is 22.7 Å². The van der Waals surface area contributed by atoms with E-state index in [4.69, 9.17) is 39.8 Å². The number of hydrogen-bond donors (Lipinski definition) is 3. The fourth-order valence-corrected chi connectivity index (χ4v) is 2.93. The molecule has 0 radical (unpaired) electrons. The van der Waals surface area contributed by atoms with Crippen LogP contribution in [-0.2, 0) is 0 Å². The quantitative estimate of drug-likeness (QED) is 0.221. The SMILES string of the molecule is O=C(NC(=S)Nc1cc([N+](=O)[O-])ccc1O)c1ccc(-c2cc(Cl)ccc2Cl)o1. The number of hydrogen-bond acceptors (Lipinski definition) is 6. The molecule has 3 N–H and O–H groups in total. The lowest BCUT2D eigenvalue weighted by molar-refractivity contribution is -0.384. The predicted molar refractivity (Wildman–Crippen MR) is 113 cm³/mol. The minimum atomic E-state index is -0.670. The molecule has 0 aliphatic rings. The summed E-state index contributed by atoms with van der Waals surface area (Å²) in [7, 11) is 0. The van der Waals surface area contributed by atoms with Gasteiger partial charge in [0.1, 0.15) is 11.5 Å². The van der Waals surface area contributed by atoms with Crippen molar-refractivity contribution in [3.8, 4) is 17.1 Å². The van der Waals surface area contributed by atoms with Crippen LogP contribution >= 0.6 is 35.4 Å². The molecule has 0 spiro atoms. The first-order chi connectivity index (χ1) is 13.7. The number of nitrogens with one attached hydrogen (secondary N) is 2. The van der Waals surface area contributed by atoms with Crippen molar-refractivity contribution in [2.24, 2.45) is 0 Å². The minimum Gasteiger partial charge on any atom is -0.506 e. The van der Waals surface area contributed by atoms with Crippen molar-refractivity contribution in [3.63, 3.8) is 0 Å². The number of phenols is 1. The molecule has 1 aromatic heterocycles. The lowest BCUT2D eigenvalue weighted by Crippen LogP contribution is -2.33. The first-order valence-corrected chi connectivity index (χ1v) is 9.06. The van der Waals surface area contributed by atoms with Crippen molar-refractivity contribution in [3.05, 3.63) is 74.5 Å². The highest BCUT2D eigenvalue weighted by atomic mass is 35.5. The van der Waals surface area contributed by atoms with Gasteiger partial charge in [0.05, 0.1) is 15.6 Å². The molecule has 29 heavy (non-hydrogen) atoms. The normalized spacial score (nSPS) is 10.4. The molecule has 0 unspecified atom stereocenters. The van der Waals surface area contributed by atoms with E-state index in [0.717, 1.165) is 18.2 Å². The van der Waals surface area contributed by atoms with E-state index < -0.39 is 10.8 Å². The maximum atomic E-state index is 12.3. The van der Waals surface area contributed by atoms with Crippen molar-refractivity contribution >= 4 is 57.8 Å². The molecular formula is C18H11Cl2N3O5S. The largest absolute Gasteiger partial charge is 0.506 e. The van der Waals surface area contributed by atoms with E-state index in [2.05, 4.69) is 10.6 Å². The number of nitrogens with zero attached hydrogens (tertiary/aromatic N) is 1. The van der Waals surface area contributed by atoms with E-state index in [-0.39, 0.29) is 28.0 Å². The standard InChI is InChI=1S/C18H11Cl2N3O5S/c19-9-1-3-12(20)11(7-9)15-5-6-16(28-15)17(25)22-18(29)21-13-8-10(23(26)27)2-4-14(13)24/h1-8,24H,(H2,21,22,25,29). The third-order valence-corrected chi connectivity index (χ3v) is 4.46. The molecule has 3 aromatic rings. The summed E-state index contributed by atoms with van der Waals surface area (Å²) in [5.74, 6) is -0.666. The maximum Gasteiger partial charge on any atom is 0.293 e. The minimum absolute atomic E-state index is 0.0321. The zero-order valence-electron chi connectivity index (χ0n) is 14.3. The van der Waals surface area contributed by atoms with Crippen molar-refractivity contribution in [2.75, 3.05) is 5.32 Å². The van der Waals surface area contributed by atoms with E-state index in [0.29, 0.717) is 21.4 Å². The summed E-state index contributed by atoms with van der Waals surface area (Å²) in [4.78, 5) is 22.6. The Balaban J connectivity index is 1.72. The van der Waals surface area contributed by atoms with E-state index in [1.54, 1.807) is 24.3 Å². The monoisotopic (exact) mass is 451 g/mol. The number of nitro groups is 1. The van der Waals surface area contributed by atoms with Crippen LogP contribution in [0.1, 0.15) is 10.6 Å². The zero-order valence-corrected chi connectivity index (χ0v) is 16.6. The van der Waals surface area contributed by atoms with Gasteiger partial charge in [0.15, 0.2) is 10.9 Å². The van der Waals surface area contributed by atoms with E-state index >= 15 is 0 Å². The number of phenolic OH excluding ortho intramolecular Hbond substituents is 1. The Kier molecular flexibility index (Phi) is 6.02. The van der Waals surface area contributed by atoms with Crippen LogP contribution in [0.25, 0.3) is 11.3 Å². The number of aromatic hydroxyl groups is 1. The second-order valence-corrected chi connectivity index (χ2v) is 6.91. The third kappa shape index (κ3) is 4.83. The number of carbonyl (C=O) groups excluding carboxylic acids is 1. The Morgan fingerprint density at radius 1 is 1.14 bits per heavy atom. The van der Waals surface area contributed by atoms with Crippen molar-refractivity contribution in [1.82, 2.24) is 5.32 Å². The Labute approximate surface area is 179 Å². The van der Waals surface area contributed by atoms with Gasteiger partial charge in [-0.3, -0.25) is 20.2 Å². The predicted octanol–water partition coefficient (Wildman–Crippen LogP) is 4.99. The average molecular weight is 452 g/mol. The Hall–Kier alpha value is -3.14. The third-order valence-electron chi connectivity index (χ3n) is 3.69. The van der Waals surface area contributed by atoms with Gasteiger partial charge in [-0.05, 0) is 48.6 Å². The number of nitro benzene ring substituents is 1. The van der Waals surface area contributed by atoms with Crippen molar-refractivity contribution < 1.29 is 19.2 Å². The first kappa shape index (κ1) is 20.6. The Morgan fingerprint density at radius 2 is 1.90 bits per heavy atom. The summed E-state index contributed by atoms with van der Waals surface area (Å²) >= 11 is 17.1. The van der Waals surface area contributed by atoms with Crippen LogP contribution in [0.2, 0.25) is 10.0 Å². The molecular weight excluding hydrogens is 441 g/mol. The number of non-ortho nitro benzene ring substituents is 1. The molecule has 148 valence electrons. The molecule has 0 saturated carbocycles. The van der Waals surface area contributed by atoms with E-state index in [1.165, 1.54) is 6.07 Å². The van der Waals surface area contributed by atoms with Gasteiger partial charge in [0.2, 0.25) is 0 Å². The highest BCUT2D eigenvalue weighted by molar-refractivity contribution is 7.80. The zero-order chi connectivity index (χ0) is 21.1. The molecule has 1 heterocycles. The summed E-state index contributed by atoms with van der Waals surface area (Å²) in [6.07, 6.45) is 0. The summed E-state index contributed by atoms with van der Waals surface area (Å²) in [6, 6.07) is 11.2. The molecule has 1 amide bonds. The van der Waals surface area contributed by atoms with Gasteiger partial charge in [-0.2, -0.15) is 0 Å². The van der Waals surface area contributed by atoms with Crippen molar-refractivity contribution in [1.29, 1.82) is 0 Å². The van der Waals surface area contributed by atoms with Gasteiger partial charge < -0.3 is 14.8 Å². The van der Waals surface area contributed by atoms with Gasteiger partial charge in [-0.1, -0.05) is 23.2 Å². The number of amides is 1. The fraction of sp³-hybridized carbons (Fsp3) is 0. The van der Waals surface area contributed by atoms with Gasteiger partial charge in [-0.25, -0.2) is 0 Å². The fourth-order valence-electron chi connectivity index (χ4n) is 2.35. The van der Waals surface area contributed by atoms with Crippen LogP contribution < -0.4 is 10.6 Å². The number of carbonyl (C=O) groups is 1. The molecule has 0 bridgehead atoms. The van der Waals surface area contributed by atoms with Crippen LogP contribution in [-0.4, -0.2) is 21.0 Å². The summed E-state index contributed by atoms with van der Waals surface area (Å²) in [5.41, 5.74) is 0.226. The number of anilines is 1. The molecule has 11 heteroatoms. The molecule has 2 aromatic carbocycles. The van der Waals surface area contributed by atoms with E-state index in [9.17, 15) is 20.0 Å². The number of benzene rings is 2. The van der Waals surface area contributed by atoms with Crippen LogP contribution in [0.15, 0.2) is 52.9 Å². The van der Waals surface area contributed by atoms with Crippen molar-refractivity contribution in [2.45, 2.75) is 0 Å². The van der Waals surface area contributed by atoms with Crippen LogP contribution in [0.5, 0.6) is 5.75 Å². The number of halogens is 2. The summed E-state index contributed by atoms with van der Waals surface area (Å²) < 4.78 is 5.51. The maximum absolute atomic E-state index is 12.3. The highest BCUT2D eigenvalue weighted by Gasteiger charge is 2.17. The summed E-state index contributed by atoms with van der Waals surface area (Å²) in [5, 5.41) is 26.2. The number of furan rings is 1. The van der Waals surface area contributed by atoms with E-state index in [1.807, 2.05) is 0 Å². The van der Waals surface area contributed by atoms with Gasteiger partial charge in [-0.15, -0.1) is 0 Å². The van der Waals surface area contributed by atoms with Crippen LogP contribution in [0, 0.1) is 10.1 Å². The summed E-state index contributed by atoms with van der Waals surface area (Å²) in [6.45, 7) is 0. The second kappa shape index (κ2) is 8.48. The van der Waals surface area contributed by atoms with Crippen LogP contribution in [0.3, 0.4) is 0 Å². The van der Waals surface area contributed by atoms with Gasteiger partial charge in [0.25, 0.3) is 11.6 Å². The van der Waals surface area contributed by atoms with Gasteiger partial charge >= 0.3 is 0 Å². The molecule has 0 aliphatic carbocycles. The second-order valence-electron chi connectivity index (χ2n) is 5.65. The van der Waals surface area contributed by atoms with Crippen LogP contribution in [0.4, 0.5) is 11.4 Å². The first-order valence-electron chi connectivity index (χ1n) is 7.89. The molecule has 0 aliphatic heterocycles. The molecule has 0 atom stereocenters. The molecule has 3 rings (SSSR count). The smallest absolute Gasteiger partial charge is 0.293 e. The number of thiocarbonyl (C=S) groups is 1. The number of rotatable bonds is 4. The molecule has 0 fully saturated rings. The molecule has 8 nitrogen and oxygen atoms in total. The molecule has 0 saturated heterocycles. The Bertz CT molecular complexity index is 1130.